The van der Waals surface area contributed by atoms with Crippen molar-refractivity contribution >= 4 is 23.3 Å². The summed E-state index contributed by atoms with van der Waals surface area (Å²) in [6.07, 6.45) is -5.73. The van der Waals surface area contributed by atoms with Crippen molar-refractivity contribution in [1.82, 2.24) is 14.8 Å². The molecule has 2 unspecified atom stereocenters. The molecule has 0 saturated carbocycles. The summed E-state index contributed by atoms with van der Waals surface area (Å²) in [6.45, 7) is 9.10. The molecule has 1 aromatic heterocycles. The molecular weight excluding hydrogens is 552 g/mol. The Morgan fingerprint density at radius 1 is 1.00 bits per heavy atom. The van der Waals surface area contributed by atoms with Crippen LogP contribution in [0.25, 0.3) is 0 Å². The Hall–Kier alpha value is -2.05. The van der Waals surface area contributed by atoms with E-state index in [1.54, 1.807) is 11.3 Å². The molecule has 2 atom stereocenters. The van der Waals surface area contributed by atoms with Crippen molar-refractivity contribution in [2.75, 3.05) is 59.2 Å². The van der Waals surface area contributed by atoms with E-state index in [0.717, 1.165) is 78.5 Å². The van der Waals surface area contributed by atoms with Crippen LogP contribution in [0.1, 0.15) is 17.8 Å². The number of aliphatic carboxylic acids is 2. The van der Waals surface area contributed by atoms with E-state index in [0.29, 0.717) is 6.10 Å². The van der Waals surface area contributed by atoms with Crippen LogP contribution in [0.4, 0.5) is 26.3 Å². The number of morpholine rings is 1. The molecule has 3 saturated heterocycles. The number of halogens is 6. The van der Waals surface area contributed by atoms with Gasteiger partial charge < -0.3 is 24.4 Å². The fraction of sp³-hybridized carbons (Fsp3) is 0.762. The van der Waals surface area contributed by atoms with Gasteiger partial charge in [0, 0.05) is 44.3 Å². The molecule has 17 heteroatoms. The summed E-state index contributed by atoms with van der Waals surface area (Å²) < 4.78 is 81.4. The Bertz CT molecular complexity index is 844. The number of aromatic nitrogens is 1. The van der Waals surface area contributed by atoms with Gasteiger partial charge in [0.15, 0.2) is 0 Å². The van der Waals surface area contributed by atoms with Gasteiger partial charge in [0.1, 0.15) is 10.6 Å². The largest absolute Gasteiger partial charge is 0.490 e. The van der Waals surface area contributed by atoms with Crippen LogP contribution >= 0.6 is 11.3 Å². The lowest BCUT2D eigenvalue weighted by molar-refractivity contribution is -0.193. The van der Waals surface area contributed by atoms with Crippen molar-refractivity contribution in [3.05, 3.63) is 16.6 Å². The first-order valence-corrected chi connectivity index (χ1v) is 12.3. The highest BCUT2D eigenvalue weighted by Crippen LogP contribution is 2.34. The van der Waals surface area contributed by atoms with Crippen molar-refractivity contribution in [2.24, 2.45) is 0 Å². The number of alkyl halides is 6. The van der Waals surface area contributed by atoms with E-state index in [2.05, 4.69) is 14.8 Å². The highest BCUT2D eigenvalue weighted by molar-refractivity contribution is 7.09. The van der Waals surface area contributed by atoms with E-state index < -0.39 is 24.3 Å². The number of hydrogen-bond acceptors (Lipinski definition) is 9. The van der Waals surface area contributed by atoms with E-state index in [-0.39, 0.29) is 5.60 Å². The molecule has 4 heterocycles. The van der Waals surface area contributed by atoms with Crippen LogP contribution in [0.3, 0.4) is 0 Å². The smallest absolute Gasteiger partial charge is 0.475 e. The van der Waals surface area contributed by atoms with Crippen molar-refractivity contribution in [1.29, 1.82) is 0 Å². The van der Waals surface area contributed by atoms with Gasteiger partial charge in [0.2, 0.25) is 0 Å². The zero-order chi connectivity index (χ0) is 28.4. The number of carboxylic acids is 2. The average Bonchev–Trinajstić information content (AvgIpc) is 3.42. The van der Waals surface area contributed by atoms with Crippen molar-refractivity contribution in [2.45, 2.75) is 43.4 Å². The molecule has 3 aliphatic rings. The summed E-state index contributed by atoms with van der Waals surface area (Å²) in [5, 5.41) is 17.5. The number of rotatable bonds is 4. The third-order valence-electron chi connectivity index (χ3n) is 5.66. The summed E-state index contributed by atoms with van der Waals surface area (Å²) >= 11 is 1.73. The van der Waals surface area contributed by atoms with Gasteiger partial charge in [-0.05, 0) is 12.8 Å². The van der Waals surface area contributed by atoms with Gasteiger partial charge in [-0.1, -0.05) is 0 Å². The second kappa shape index (κ2) is 14.4. The predicted octanol–water partition coefficient (Wildman–Crippen LogP) is 2.49. The van der Waals surface area contributed by atoms with Crippen LogP contribution in [0, 0.1) is 0 Å². The minimum absolute atomic E-state index is 0.134. The van der Waals surface area contributed by atoms with E-state index in [4.69, 9.17) is 34.0 Å². The lowest BCUT2D eigenvalue weighted by Gasteiger charge is -2.33. The number of thiazole rings is 1. The molecule has 3 aliphatic heterocycles. The number of carboxylic acid groups (broad SMARTS) is 2. The second-order valence-corrected chi connectivity index (χ2v) is 9.65. The third-order valence-corrected chi connectivity index (χ3v) is 6.42. The molecule has 0 aromatic carbocycles. The maximum Gasteiger partial charge on any atom is 0.490 e. The zero-order valence-corrected chi connectivity index (χ0v) is 21.0. The van der Waals surface area contributed by atoms with E-state index >= 15 is 0 Å². The summed E-state index contributed by atoms with van der Waals surface area (Å²) in [7, 11) is 0. The summed E-state index contributed by atoms with van der Waals surface area (Å²) in [5.41, 5.74) is -0.134. The highest BCUT2D eigenvalue weighted by atomic mass is 32.1. The van der Waals surface area contributed by atoms with Gasteiger partial charge in [-0.25, -0.2) is 14.6 Å². The Morgan fingerprint density at radius 3 is 2.08 bits per heavy atom. The van der Waals surface area contributed by atoms with Gasteiger partial charge in [-0.2, -0.15) is 26.3 Å². The molecule has 0 bridgehead atoms. The lowest BCUT2D eigenvalue weighted by Crippen LogP contribution is -2.46. The molecule has 0 amide bonds. The molecule has 38 heavy (non-hydrogen) atoms. The summed E-state index contributed by atoms with van der Waals surface area (Å²) in [4.78, 5) is 27.1. The molecule has 0 aliphatic carbocycles. The highest BCUT2D eigenvalue weighted by Gasteiger charge is 2.43. The quantitative estimate of drug-likeness (QED) is 0.513. The number of carbonyl (C=O) groups is 2. The van der Waals surface area contributed by atoms with Crippen molar-refractivity contribution in [3.8, 4) is 0 Å². The topological polar surface area (TPSA) is 122 Å². The SMILES string of the molecule is O=C(O)C(F)(F)F.O=C(O)C(F)(F)F.c1csc(CN2CCOCC3(CCC(CN4CCOCC4)O3)C2)n1. The van der Waals surface area contributed by atoms with Gasteiger partial charge in [-0.15, -0.1) is 11.3 Å². The van der Waals surface area contributed by atoms with Gasteiger partial charge in [0.05, 0.1) is 39.1 Å². The molecular formula is C21H29F6N3O7S. The standard InChI is InChI=1S/C17H27N3O3S.2C2HF3O2/c1-2-17(23-15(1)11-19-4-7-21-8-5-19)13-20(6-9-22-14-17)12-16-18-3-10-24-16;2*3-2(4,5)1(6)7/h3,10,15H,1-2,4-9,11-14H2;2*(H,6,7). The van der Waals surface area contributed by atoms with Crippen LogP contribution in [0.5, 0.6) is 0 Å². The minimum Gasteiger partial charge on any atom is -0.475 e. The normalized spacial score (nSPS) is 25.1. The first-order valence-electron chi connectivity index (χ1n) is 11.5. The molecule has 3 fully saturated rings. The average molecular weight is 582 g/mol. The van der Waals surface area contributed by atoms with Crippen LogP contribution in [-0.4, -0.2) is 120 Å². The molecule has 2 N–H and O–H groups in total. The van der Waals surface area contributed by atoms with E-state index in [1.807, 2.05) is 11.6 Å². The molecule has 10 nitrogen and oxygen atoms in total. The first kappa shape index (κ1) is 32.2. The van der Waals surface area contributed by atoms with Crippen LogP contribution in [-0.2, 0) is 30.3 Å². The maximum absolute atomic E-state index is 10.6. The van der Waals surface area contributed by atoms with Gasteiger partial charge in [0.25, 0.3) is 0 Å². The number of hydrogen-bond donors (Lipinski definition) is 2. The summed E-state index contributed by atoms with van der Waals surface area (Å²) in [6, 6.07) is 0. The Labute approximate surface area is 218 Å². The molecule has 218 valence electrons. The Kier molecular flexibility index (Phi) is 12.2. The summed E-state index contributed by atoms with van der Waals surface area (Å²) in [5.74, 6) is -5.51. The van der Waals surface area contributed by atoms with E-state index in [9.17, 15) is 26.3 Å². The minimum atomic E-state index is -5.08. The van der Waals surface area contributed by atoms with E-state index in [1.165, 1.54) is 5.01 Å². The van der Waals surface area contributed by atoms with Crippen molar-refractivity contribution in [3.63, 3.8) is 0 Å². The Balaban J connectivity index is 0.000000301. The lowest BCUT2D eigenvalue weighted by atomic mass is 10.00. The monoisotopic (exact) mass is 581 g/mol. The second-order valence-electron chi connectivity index (χ2n) is 8.67. The predicted molar refractivity (Wildman–Crippen MR) is 120 cm³/mol. The van der Waals surface area contributed by atoms with Crippen molar-refractivity contribution < 1.29 is 60.4 Å². The molecule has 0 radical (unpaired) electrons. The number of ether oxygens (including phenoxy) is 3. The van der Waals surface area contributed by atoms with Gasteiger partial charge in [-0.3, -0.25) is 9.80 Å². The molecule has 1 aromatic rings. The van der Waals surface area contributed by atoms with Crippen LogP contribution in [0.2, 0.25) is 0 Å². The molecule has 4 rings (SSSR count). The third kappa shape index (κ3) is 11.4. The van der Waals surface area contributed by atoms with Crippen LogP contribution in [0.15, 0.2) is 11.6 Å². The van der Waals surface area contributed by atoms with Crippen LogP contribution < -0.4 is 0 Å². The first-order chi connectivity index (χ1) is 17.7. The fourth-order valence-electron chi connectivity index (χ4n) is 3.96. The Morgan fingerprint density at radius 2 is 1.55 bits per heavy atom. The number of nitrogens with zero attached hydrogens (tertiary/aromatic N) is 3. The molecule has 1 spiro atoms. The van der Waals surface area contributed by atoms with Gasteiger partial charge >= 0.3 is 24.3 Å². The fourth-order valence-corrected chi connectivity index (χ4v) is 4.62. The zero-order valence-electron chi connectivity index (χ0n) is 20.2. The maximum atomic E-state index is 10.6.